The Kier molecular flexibility index (Phi) is 7.57. The van der Waals surface area contributed by atoms with Gasteiger partial charge in [0.05, 0.1) is 17.8 Å². The van der Waals surface area contributed by atoms with Crippen molar-refractivity contribution in [1.29, 1.82) is 0 Å². The first-order valence-corrected chi connectivity index (χ1v) is 11.5. The molecule has 2 amide bonds. The van der Waals surface area contributed by atoms with Crippen molar-refractivity contribution in [3.05, 3.63) is 84.4 Å². The Morgan fingerprint density at radius 2 is 1.66 bits per heavy atom. The number of fused-ring (bicyclic) bond motifs is 1. The van der Waals surface area contributed by atoms with Crippen LogP contribution in [0.1, 0.15) is 19.4 Å². The number of nitrogens with zero attached hydrogens (tertiary/aromatic N) is 1. The largest absolute Gasteiger partial charge is 0.481 e. The Morgan fingerprint density at radius 1 is 0.886 bits per heavy atom. The van der Waals surface area contributed by atoms with Gasteiger partial charge in [0.1, 0.15) is 5.75 Å². The molecule has 0 aliphatic rings. The molecule has 0 spiro atoms. The van der Waals surface area contributed by atoms with Gasteiger partial charge in [-0.05, 0) is 43.2 Å². The summed E-state index contributed by atoms with van der Waals surface area (Å²) in [7, 11) is 0. The van der Waals surface area contributed by atoms with Gasteiger partial charge >= 0.3 is 12.0 Å². The van der Waals surface area contributed by atoms with E-state index in [2.05, 4.69) is 10.6 Å². The van der Waals surface area contributed by atoms with Crippen LogP contribution >= 0.6 is 0 Å². The van der Waals surface area contributed by atoms with Gasteiger partial charge in [-0.15, -0.1) is 0 Å². The van der Waals surface area contributed by atoms with Crippen molar-refractivity contribution < 1.29 is 19.1 Å². The minimum Gasteiger partial charge on any atom is -0.481 e. The Hall–Kier alpha value is -4.39. The highest BCUT2D eigenvalue weighted by atomic mass is 16.6. The molecule has 1 heterocycles. The molecule has 7 nitrogen and oxygen atoms in total. The zero-order valence-corrected chi connectivity index (χ0v) is 19.7. The number of carbonyl (C=O) groups is 2. The van der Waals surface area contributed by atoms with Gasteiger partial charge < -0.3 is 20.1 Å². The maximum Gasteiger partial charge on any atom is 0.344 e. The second kappa shape index (κ2) is 11.2. The van der Waals surface area contributed by atoms with E-state index in [-0.39, 0.29) is 19.2 Å². The maximum absolute atomic E-state index is 12.7. The van der Waals surface area contributed by atoms with Crippen molar-refractivity contribution in [3.63, 3.8) is 0 Å². The number of ether oxygens (including phenoxy) is 2. The average molecular weight is 470 g/mol. The number of anilines is 2. The number of esters is 1. The number of hydrogen-bond donors (Lipinski definition) is 2. The normalized spacial score (nSPS) is 10.6. The van der Waals surface area contributed by atoms with Gasteiger partial charge in [-0.25, -0.2) is 14.6 Å². The molecular weight excluding hydrogens is 442 g/mol. The summed E-state index contributed by atoms with van der Waals surface area (Å²) < 4.78 is 10.8. The number of amides is 2. The van der Waals surface area contributed by atoms with Crippen molar-refractivity contribution >= 4 is 34.3 Å². The van der Waals surface area contributed by atoms with Crippen molar-refractivity contribution in [2.75, 3.05) is 23.8 Å². The summed E-state index contributed by atoms with van der Waals surface area (Å²) in [6.45, 7) is 3.83. The number of hydrogen-bond acceptors (Lipinski definition) is 5. The Balaban J connectivity index is 1.63. The van der Waals surface area contributed by atoms with Crippen LogP contribution in [0.3, 0.4) is 0 Å². The molecule has 0 radical (unpaired) electrons. The summed E-state index contributed by atoms with van der Waals surface area (Å²) in [5.74, 6) is 0.0178. The quantitative estimate of drug-likeness (QED) is 0.307. The number of urea groups is 1. The molecule has 0 fully saturated rings. The van der Waals surface area contributed by atoms with E-state index >= 15 is 0 Å². The number of para-hydroxylation sites is 1. The van der Waals surface area contributed by atoms with Gasteiger partial charge in [0.15, 0.2) is 6.61 Å². The van der Waals surface area contributed by atoms with E-state index in [9.17, 15) is 9.59 Å². The monoisotopic (exact) mass is 469 g/mol. The summed E-state index contributed by atoms with van der Waals surface area (Å²) in [5.41, 5.74) is 4.69. The Morgan fingerprint density at radius 3 is 2.43 bits per heavy atom. The highest BCUT2D eigenvalue weighted by Crippen LogP contribution is 2.32. The van der Waals surface area contributed by atoms with E-state index in [0.29, 0.717) is 28.0 Å². The molecule has 0 atom stereocenters. The maximum atomic E-state index is 12.7. The summed E-state index contributed by atoms with van der Waals surface area (Å²) in [5, 5.41) is 6.43. The first-order chi connectivity index (χ1) is 17.1. The molecule has 178 valence electrons. The fourth-order valence-electron chi connectivity index (χ4n) is 3.72. The summed E-state index contributed by atoms with van der Waals surface area (Å²) in [4.78, 5) is 29.3. The lowest BCUT2D eigenvalue weighted by Crippen LogP contribution is -2.20. The molecule has 0 saturated carbocycles. The Labute approximate surface area is 204 Å². The highest BCUT2D eigenvalue weighted by Gasteiger charge is 2.13. The zero-order chi connectivity index (χ0) is 24.6. The fourth-order valence-corrected chi connectivity index (χ4v) is 3.72. The van der Waals surface area contributed by atoms with Crippen LogP contribution in [-0.4, -0.2) is 30.2 Å². The molecule has 4 rings (SSSR count). The van der Waals surface area contributed by atoms with Crippen LogP contribution in [0.2, 0.25) is 0 Å². The summed E-state index contributed by atoms with van der Waals surface area (Å²) in [6.07, 6.45) is 0.809. The number of aryl methyl sites for hydroxylation is 1. The van der Waals surface area contributed by atoms with Crippen molar-refractivity contribution in [2.24, 2.45) is 0 Å². The molecule has 0 unspecified atom stereocenters. The highest BCUT2D eigenvalue weighted by molar-refractivity contribution is 6.02. The van der Waals surface area contributed by atoms with Gasteiger partial charge in [0.25, 0.3) is 0 Å². The average Bonchev–Trinajstić information content (AvgIpc) is 2.88. The molecule has 2 N–H and O–H groups in total. The number of rotatable bonds is 8. The molecule has 35 heavy (non-hydrogen) atoms. The van der Waals surface area contributed by atoms with Crippen LogP contribution < -0.4 is 15.4 Å². The Bertz CT molecular complexity index is 1340. The van der Waals surface area contributed by atoms with E-state index in [1.54, 1.807) is 25.1 Å². The molecule has 0 saturated heterocycles. The molecule has 1 aromatic heterocycles. The van der Waals surface area contributed by atoms with Crippen LogP contribution in [0.4, 0.5) is 16.2 Å². The third-order valence-electron chi connectivity index (χ3n) is 5.40. The van der Waals surface area contributed by atoms with Crippen LogP contribution in [0.25, 0.3) is 22.2 Å². The van der Waals surface area contributed by atoms with Crippen LogP contribution in [0.5, 0.6) is 5.75 Å². The first kappa shape index (κ1) is 23.8. The molecule has 4 aromatic rings. The lowest BCUT2D eigenvalue weighted by molar-refractivity contribution is -0.145. The van der Waals surface area contributed by atoms with E-state index in [1.165, 1.54) is 0 Å². The lowest BCUT2D eigenvalue weighted by atomic mass is 10.1. The zero-order valence-electron chi connectivity index (χ0n) is 19.7. The van der Waals surface area contributed by atoms with E-state index in [1.807, 2.05) is 67.6 Å². The summed E-state index contributed by atoms with van der Waals surface area (Å²) in [6, 6.07) is 24.2. The fraction of sp³-hybridized carbons (Fsp3) is 0.179. The number of aromatic nitrogens is 1. The van der Waals surface area contributed by atoms with E-state index < -0.39 is 5.97 Å². The summed E-state index contributed by atoms with van der Waals surface area (Å²) >= 11 is 0. The third kappa shape index (κ3) is 5.95. The van der Waals surface area contributed by atoms with Gasteiger partial charge in [0, 0.05) is 28.4 Å². The van der Waals surface area contributed by atoms with E-state index in [0.717, 1.165) is 23.2 Å². The molecule has 7 heteroatoms. The second-order valence-electron chi connectivity index (χ2n) is 7.79. The molecule has 3 aromatic carbocycles. The topological polar surface area (TPSA) is 89.6 Å². The minimum absolute atomic E-state index is 0.229. The van der Waals surface area contributed by atoms with Crippen molar-refractivity contribution in [3.8, 4) is 17.0 Å². The molecule has 0 aliphatic heterocycles. The van der Waals surface area contributed by atoms with Crippen molar-refractivity contribution in [1.82, 2.24) is 4.98 Å². The van der Waals surface area contributed by atoms with Gasteiger partial charge in [0.2, 0.25) is 0 Å². The SMILES string of the molecule is CCOC(=O)COc1cc(-c2ccccc2)nc2ccc(NC(=O)Nc3ccccc3CC)cc12. The predicted octanol–water partition coefficient (Wildman–Crippen LogP) is 6.05. The second-order valence-corrected chi connectivity index (χ2v) is 7.79. The third-order valence-corrected chi connectivity index (χ3v) is 5.40. The van der Waals surface area contributed by atoms with Crippen molar-refractivity contribution in [2.45, 2.75) is 20.3 Å². The number of benzene rings is 3. The van der Waals surface area contributed by atoms with Gasteiger partial charge in [-0.2, -0.15) is 0 Å². The van der Waals surface area contributed by atoms with Gasteiger partial charge in [-0.1, -0.05) is 55.5 Å². The van der Waals surface area contributed by atoms with Crippen LogP contribution in [0, 0.1) is 0 Å². The van der Waals surface area contributed by atoms with Crippen LogP contribution in [0.15, 0.2) is 78.9 Å². The molecule has 0 aliphatic carbocycles. The molecule has 0 bridgehead atoms. The minimum atomic E-state index is -0.457. The van der Waals surface area contributed by atoms with E-state index in [4.69, 9.17) is 14.5 Å². The number of carbonyl (C=O) groups excluding carboxylic acids is 2. The van der Waals surface area contributed by atoms with Gasteiger partial charge in [-0.3, -0.25) is 0 Å². The first-order valence-electron chi connectivity index (χ1n) is 11.5. The van der Waals surface area contributed by atoms with Crippen LogP contribution in [-0.2, 0) is 16.0 Å². The predicted molar refractivity (Wildman–Crippen MR) is 138 cm³/mol. The number of pyridine rings is 1. The lowest BCUT2D eigenvalue weighted by Gasteiger charge is -2.14. The standard InChI is InChI=1S/C28H27N3O4/c1-3-19-10-8-9-13-23(19)31-28(33)29-21-14-15-24-22(16-21)26(35-18-27(32)34-4-2)17-25(30-24)20-11-6-5-7-12-20/h5-17H,3-4,18H2,1-2H3,(H2,29,31,33). The number of nitrogens with one attached hydrogen (secondary N) is 2. The molecular formula is C28H27N3O4. The smallest absolute Gasteiger partial charge is 0.344 e.